The zero-order valence-electron chi connectivity index (χ0n) is 18.8. The average molecular weight is 412 g/mol. The molecule has 1 aliphatic rings. The Hall–Kier alpha value is -1.71. The van der Waals surface area contributed by atoms with Crippen LogP contribution in [-0.2, 0) is 30.4 Å². The van der Waals surface area contributed by atoms with E-state index in [1.165, 1.54) is 31.7 Å². The molecular formula is C27H38FNO. The second-order valence-corrected chi connectivity index (χ2v) is 8.48. The van der Waals surface area contributed by atoms with Gasteiger partial charge in [-0.05, 0) is 98.8 Å². The zero-order chi connectivity index (χ0) is 21.2. The highest BCUT2D eigenvalue weighted by Crippen LogP contribution is 2.28. The highest BCUT2D eigenvalue weighted by atomic mass is 19.1. The van der Waals surface area contributed by atoms with E-state index >= 15 is 0 Å². The second kappa shape index (κ2) is 12.2. The first-order chi connectivity index (χ1) is 14.7. The fourth-order valence-electron chi connectivity index (χ4n) is 4.82. The van der Waals surface area contributed by atoms with Gasteiger partial charge in [0.2, 0.25) is 0 Å². The van der Waals surface area contributed by atoms with Crippen molar-refractivity contribution in [1.82, 2.24) is 4.90 Å². The summed E-state index contributed by atoms with van der Waals surface area (Å²) in [5.41, 5.74) is 5.80. The molecule has 0 aliphatic heterocycles. The van der Waals surface area contributed by atoms with Crippen LogP contribution >= 0.6 is 0 Å². The first-order valence-electron chi connectivity index (χ1n) is 11.9. The molecular weight excluding hydrogens is 373 g/mol. The lowest BCUT2D eigenvalue weighted by atomic mass is 9.83. The molecule has 1 atom stereocenters. The SMILES string of the molecule is CCN(CC)C1CCc2cccc(CCCCOCCCc3cccc(F)c3)c2C1. The maximum absolute atomic E-state index is 13.2. The van der Waals surface area contributed by atoms with Gasteiger partial charge in [-0.3, -0.25) is 0 Å². The van der Waals surface area contributed by atoms with Gasteiger partial charge in [0.15, 0.2) is 0 Å². The molecule has 0 saturated carbocycles. The molecule has 0 aromatic heterocycles. The fraction of sp³-hybridized carbons (Fsp3) is 0.556. The summed E-state index contributed by atoms with van der Waals surface area (Å²) in [6.07, 6.45) is 8.98. The van der Waals surface area contributed by atoms with E-state index < -0.39 is 0 Å². The van der Waals surface area contributed by atoms with Gasteiger partial charge in [0.05, 0.1) is 0 Å². The molecule has 1 aliphatic carbocycles. The van der Waals surface area contributed by atoms with Gasteiger partial charge in [-0.25, -0.2) is 4.39 Å². The Morgan fingerprint density at radius 1 is 0.967 bits per heavy atom. The first-order valence-corrected chi connectivity index (χ1v) is 11.9. The van der Waals surface area contributed by atoms with Crippen LogP contribution in [-0.4, -0.2) is 37.2 Å². The van der Waals surface area contributed by atoms with Crippen LogP contribution in [0.4, 0.5) is 4.39 Å². The summed E-state index contributed by atoms with van der Waals surface area (Å²) in [7, 11) is 0. The third-order valence-electron chi connectivity index (χ3n) is 6.51. The molecule has 2 aromatic rings. The highest BCUT2D eigenvalue weighted by Gasteiger charge is 2.24. The number of ether oxygens (including phenoxy) is 1. The number of rotatable bonds is 12. The van der Waals surface area contributed by atoms with Gasteiger partial charge in [-0.2, -0.15) is 0 Å². The van der Waals surface area contributed by atoms with Crippen LogP contribution in [0.25, 0.3) is 0 Å². The van der Waals surface area contributed by atoms with Gasteiger partial charge >= 0.3 is 0 Å². The Labute approximate surface area is 182 Å². The predicted octanol–water partition coefficient (Wildman–Crippen LogP) is 6.00. The summed E-state index contributed by atoms with van der Waals surface area (Å²) in [4.78, 5) is 2.62. The maximum Gasteiger partial charge on any atom is 0.123 e. The molecule has 0 heterocycles. The van der Waals surface area contributed by atoms with Crippen molar-refractivity contribution in [3.05, 3.63) is 70.5 Å². The Morgan fingerprint density at radius 2 is 1.77 bits per heavy atom. The van der Waals surface area contributed by atoms with Crippen LogP contribution in [0, 0.1) is 5.82 Å². The zero-order valence-corrected chi connectivity index (χ0v) is 18.8. The lowest BCUT2D eigenvalue weighted by Gasteiger charge is -2.34. The minimum absolute atomic E-state index is 0.153. The van der Waals surface area contributed by atoms with Crippen molar-refractivity contribution < 1.29 is 9.13 Å². The van der Waals surface area contributed by atoms with Crippen LogP contribution in [0.5, 0.6) is 0 Å². The molecule has 0 spiro atoms. The van der Waals surface area contributed by atoms with Crippen LogP contribution in [0.2, 0.25) is 0 Å². The van der Waals surface area contributed by atoms with Gasteiger partial charge in [-0.1, -0.05) is 44.2 Å². The largest absolute Gasteiger partial charge is 0.381 e. The smallest absolute Gasteiger partial charge is 0.123 e. The standard InChI is InChI=1S/C27H38FNO/c1-3-29(4-2)26-17-16-24-14-8-13-23(27(24)21-26)12-5-6-18-30-19-9-11-22-10-7-15-25(28)20-22/h7-8,10,13-15,20,26H,3-6,9,11-12,16-19,21H2,1-2H3. The van der Waals surface area contributed by atoms with Crippen molar-refractivity contribution in [1.29, 1.82) is 0 Å². The van der Waals surface area contributed by atoms with E-state index in [2.05, 4.69) is 36.9 Å². The van der Waals surface area contributed by atoms with E-state index in [0.29, 0.717) is 6.04 Å². The third kappa shape index (κ3) is 6.65. The average Bonchev–Trinajstić information content (AvgIpc) is 2.76. The summed E-state index contributed by atoms with van der Waals surface area (Å²) in [5, 5.41) is 0. The van der Waals surface area contributed by atoms with Crippen molar-refractivity contribution in [3.63, 3.8) is 0 Å². The predicted molar refractivity (Wildman–Crippen MR) is 124 cm³/mol. The maximum atomic E-state index is 13.2. The van der Waals surface area contributed by atoms with Gasteiger partial charge in [0.1, 0.15) is 5.82 Å². The summed E-state index contributed by atoms with van der Waals surface area (Å²) in [5.74, 6) is -0.153. The molecule has 30 heavy (non-hydrogen) atoms. The molecule has 164 valence electrons. The molecule has 3 rings (SSSR count). The Bertz CT molecular complexity index is 771. The summed E-state index contributed by atoms with van der Waals surface area (Å²) < 4.78 is 19.0. The molecule has 2 aromatic carbocycles. The van der Waals surface area contributed by atoms with E-state index in [1.54, 1.807) is 28.8 Å². The lowest BCUT2D eigenvalue weighted by Crippen LogP contribution is -2.39. The number of halogens is 1. The van der Waals surface area contributed by atoms with Crippen molar-refractivity contribution in [3.8, 4) is 0 Å². The van der Waals surface area contributed by atoms with Crippen molar-refractivity contribution >= 4 is 0 Å². The van der Waals surface area contributed by atoms with Crippen LogP contribution in [0.1, 0.15) is 61.8 Å². The normalized spacial score (nSPS) is 16.1. The van der Waals surface area contributed by atoms with Crippen molar-refractivity contribution in [2.24, 2.45) is 0 Å². The third-order valence-corrected chi connectivity index (χ3v) is 6.51. The van der Waals surface area contributed by atoms with E-state index in [9.17, 15) is 4.39 Å². The monoisotopic (exact) mass is 411 g/mol. The van der Waals surface area contributed by atoms with Crippen molar-refractivity contribution in [2.75, 3.05) is 26.3 Å². The molecule has 0 radical (unpaired) electrons. The topological polar surface area (TPSA) is 12.5 Å². The second-order valence-electron chi connectivity index (χ2n) is 8.48. The number of likely N-dealkylation sites (N-methyl/N-ethyl adjacent to an activating group) is 1. The molecule has 0 N–H and O–H groups in total. The number of fused-ring (bicyclic) bond motifs is 1. The van der Waals surface area contributed by atoms with Gasteiger partial charge < -0.3 is 9.64 Å². The van der Waals surface area contributed by atoms with Gasteiger partial charge in [0, 0.05) is 19.3 Å². The fourth-order valence-corrected chi connectivity index (χ4v) is 4.82. The van der Waals surface area contributed by atoms with Crippen LogP contribution in [0.3, 0.4) is 0 Å². The minimum Gasteiger partial charge on any atom is -0.381 e. The number of hydrogen-bond donors (Lipinski definition) is 0. The van der Waals surface area contributed by atoms with Gasteiger partial charge in [0.25, 0.3) is 0 Å². The van der Waals surface area contributed by atoms with E-state index in [4.69, 9.17) is 4.74 Å². The molecule has 3 heteroatoms. The van der Waals surface area contributed by atoms with E-state index in [0.717, 1.165) is 57.6 Å². The first kappa shape index (κ1) is 23.0. The van der Waals surface area contributed by atoms with Crippen LogP contribution < -0.4 is 0 Å². The van der Waals surface area contributed by atoms with Crippen molar-refractivity contribution in [2.45, 2.75) is 71.3 Å². The Morgan fingerprint density at radius 3 is 2.57 bits per heavy atom. The molecule has 0 fully saturated rings. The molecule has 1 unspecified atom stereocenters. The Balaban J connectivity index is 1.36. The Kier molecular flexibility index (Phi) is 9.35. The number of benzene rings is 2. The lowest BCUT2D eigenvalue weighted by molar-refractivity contribution is 0.128. The van der Waals surface area contributed by atoms with Gasteiger partial charge in [-0.15, -0.1) is 0 Å². The summed E-state index contributed by atoms with van der Waals surface area (Å²) >= 11 is 0. The molecule has 2 nitrogen and oxygen atoms in total. The number of unbranched alkanes of at least 4 members (excludes halogenated alkanes) is 1. The minimum atomic E-state index is -0.153. The highest BCUT2D eigenvalue weighted by molar-refractivity contribution is 5.38. The molecule has 0 amide bonds. The molecule has 0 saturated heterocycles. The summed E-state index contributed by atoms with van der Waals surface area (Å²) in [6, 6.07) is 14.5. The number of hydrogen-bond acceptors (Lipinski definition) is 2. The van der Waals surface area contributed by atoms with E-state index in [1.807, 2.05) is 6.07 Å². The van der Waals surface area contributed by atoms with Crippen LogP contribution in [0.15, 0.2) is 42.5 Å². The van der Waals surface area contributed by atoms with E-state index in [-0.39, 0.29) is 5.82 Å². The quantitative estimate of drug-likeness (QED) is 0.397. The number of aryl methyl sites for hydroxylation is 3. The summed E-state index contributed by atoms with van der Waals surface area (Å²) in [6.45, 7) is 8.43. The molecule has 0 bridgehead atoms. The number of nitrogens with zero attached hydrogens (tertiary/aromatic N) is 1.